The number of hydrogen-bond acceptors (Lipinski definition) is 9. The highest BCUT2D eigenvalue weighted by Gasteiger charge is 2.38. The number of tetrazole rings is 1. The summed E-state index contributed by atoms with van der Waals surface area (Å²) in [5.74, 6) is 0.597. The number of aryl methyl sites for hydroxylation is 1. The maximum atomic E-state index is 12.4. The fraction of sp³-hybridized carbons (Fsp3) is 0.483. The standard InChI is InChI=1S/C29H38N6O5S/c1-19-25(18-41-29-32-33-34-35(29)3)39-28(40-27(19)22-10-8-21(17-36)9-11-22)23-12-14-24(15-13-23)31-26(38)7-5-4-6-16-30-20(2)37/h8-15,19,25,27-28,36H,4-7,16-18H2,1-3H3,(H,30,37)(H,31,38)/t19-,25+,27+,28+/m0/s1. The van der Waals surface area contributed by atoms with Crippen molar-refractivity contribution < 1.29 is 24.2 Å². The molecule has 4 atom stereocenters. The van der Waals surface area contributed by atoms with Gasteiger partial charge in [0, 0.05) is 49.9 Å². The van der Waals surface area contributed by atoms with Gasteiger partial charge in [0.05, 0.1) is 18.8 Å². The summed E-state index contributed by atoms with van der Waals surface area (Å²) in [7, 11) is 1.81. The topological polar surface area (TPSA) is 140 Å². The Hall–Kier alpha value is -3.32. The molecule has 1 fully saturated rings. The van der Waals surface area contributed by atoms with Crippen molar-refractivity contribution >= 4 is 29.3 Å². The molecule has 2 heterocycles. The average Bonchev–Trinajstić information content (AvgIpc) is 3.39. The van der Waals surface area contributed by atoms with Crippen LogP contribution < -0.4 is 10.6 Å². The molecule has 11 nitrogen and oxygen atoms in total. The highest BCUT2D eigenvalue weighted by Crippen LogP contribution is 2.43. The molecule has 0 aliphatic carbocycles. The van der Waals surface area contributed by atoms with Crippen LogP contribution in [0.25, 0.3) is 0 Å². The minimum absolute atomic E-state index is 0.0143. The largest absolute Gasteiger partial charge is 0.392 e. The van der Waals surface area contributed by atoms with E-state index in [2.05, 4.69) is 33.1 Å². The number of aromatic nitrogens is 4. The normalized spacial score (nSPS) is 20.5. The molecule has 0 bridgehead atoms. The molecule has 3 N–H and O–H groups in total. The lowest BCUT2D eigenvalue weighted by atomic mass is 9.91. The molecule has 12 heteroatoms. The molecule has 41 heavy (non-hydrogen) atoms. The highest BCUT2D eigenvalue weighted by atomic mass is 32.2. The van der Waals surface area contributed by atoms with Gasteiger partial charge in [-0.05, 0) is 46.5 Å². The van der Waals surface area contributed by atoms with Crippen molar-refractivity contribution in [1.82, 2.24) is 25.5 Å². The second-order valence-corrected chi connectivity index (χ2v) is 11.2. The molecular formula is C29H38N6O5S. The summed E-state index contributed by atoms with van der Waals surface area (Å²) < 4.78 is 14.6. The summed E-state index contributed by atoms with van der Waals surface area (Å²) in [6.07, 6.45) is 1.92. The van der Waals surface area contributed by atoms with Gasteiger partial charge in [-0.3, -0.25) is 9.59 Å². The van der Waals surface area contributed by atoms with E-state index in [9.17, 15) is 14.7 Å². The lowest BCUT2D eigenvalue weighted by Gasteiger charge is -2.41. The van der Waals surface area contributed by atoms with Gasteiger partial charge in [0.15, 0.2) is 6.29 Å². The molecule has 0 radical (unpaired) electrons. The van der Waals surface area contributed by atoms with Crippen LogP contribution in [0, 0.1) is 5.92 Å². The molecule has 220 valence electrons. The first-order chi connectivity index (χ1) is 19.8. The fourth-order valence-electron chi connectivity index (χ4n) is 4.61. The van der Waals surface area contributed by atoms with Crippen molar-refractivity contribution in [2.75, 3.05) is 17.6 Å². The second-order valence-electron chi connectivity index (χ2n) is 10.2. The molecule has 2 aromatic carbocycles. The third-order valence-electron chi connectivity index (χ3n) is 7.00. The summed E-state index contributed by atoms with van der Waals surface area (Å²) in [6, 6.07) is 15.3. The van der Waals surface area contributed by atoms with Crippen LogP contribution in [0.4, 0.5) is 5.69 Å². The third kappa shape index (κ3) is 8.83. The Bertz CT molecular complexity index is 1270. The monoisotopic (exact) mass is 582 g/mol. The average molecular weight is 583 g/mol. The first-order valence-electron chi connectivity index (χ1n) is 13.8. The third-order valence-corrected chi connectivity index (χ3v) is 8.10. The summed E-state index contributed by atoms with van der Waals surface area (Å²) in [4.78, 5) is 23.3. The molecule has 3 aromatic rings. The number of ether oxygens (including phenoxy) is 2. The van der Waals surface area contributed by atoms with Crippen molar-refractivity contribution in [1.29, 1.82) is 0 Å². The number of hydrogen-bond donors (Lipinski definition) is 3. The molecule has 0 saturated carbocycles. The minimum atomic E-state index is -0.606. The number of thioether (sulfide) groups is 1. The van der Waals surface area contributed by atoms with E-state index in [1.807, 2.05) is 48.5 Å². The van der Waals surface area contributed by atoms with E-state index < -0.39 is 6.29 Å². The van der Waals surface area contributed by atoms with Gasteiger partial charge >= 0.3 is 0 Å². The SMILES string of the molecule is CC(=O)NCCCCCC(=O)Nc1ccc([C@@H]2O[C@H](CSc3nnnn3C)[C@H](C)[C@H](c3ccc(CO)cc3)O2)cc1. The van der Waals surface area contributed by atoms with Crippen LogP contribution >= 0.6 is 11.8 Å². The van der Waals surface area contributed by atoms with E-state index in [1.165, 1.54) is 18.7 Å². The Balaban J connectivity index is 1.39. The Morgan fingerprint density at radius 2 is 1.76 bits per heavy atom. The zero-order chi connectivity index (χ0) is 29.2. The number of rotatable bonds is 13. The number of amides is 2. The van der Waals surface area contributed by atoms with E-state index in [4.69, 9.17) is 9.47 Å². The number of benzene rings is 2. The molecule has 1 saturated heterocycles. The maximum Gasteiger partial charge on any atom is 0.224 e. The van der Waals surface area contributed by atoms with Gasteiger partial charge in [0.2, 0.25) is 17.0 Å². The number of carbonyl (C=O) groups excluding carboxylic acids is 2. The van der Waals surface area contributed by atoms with Crippen LogP contribution in [0.5, 0.6) is 0 Å². The Kier molecular flexibility index (Phi) is 11.3. The van der Waals surface area contributed by atoms with Crippen LogP contribution in [0.1, 0.15) is 68.6 Å². The number of aliphatic hydroxyl groups excluding tert-OH is 1. The lowest BCUT2D eigenvalue weighted by Crippen LogP contribution is -2.38. The molecule has 2 amide bonds. The quantitative estimate of drug-likeness (QED) is 0.202. The van der Waals surface area contributed by atoms with Crippen LogP contribution in [-0.4, -0.2) is 55.5 Å². The number of anilines is 1. The van der Waals surface area contributed by atoms with Crippen LogP contribution in [0.2, 0.25) is 0 Å². The Morgan fingerprint density at radius 3 is 2.41 bits per heavy atom. The Morgan fingerprint density at radius 1 is 1.02 bits per heavy atom. The number of aliphatic hydroxyl groups is 1. The van der Waals surface area contributed by atoms with Crippen LogP contribution in [-0.2, 0) is 32.7 Å². The van der Waals surface area contributed by atoms with Gasteiger partial charge in [-0.1, -0.05) is 61.5 Å². The van der Waals surface area contributed by atoms with Gasteiger partial charge in [-0.25, -0.2) is 4.68 Å². The number of unbranched alkanes of at least 4 members (excludes halogenated alkanes) is 2. The van der Waals surface area contributed by atoms with Gasteiger partial charge in [0.25, 0.3) is 0 Å². The first-order valence-corrected chi connectivity index (χ1v) is 14.8. The zero-order valence-corrected chi connectivity index (χ0v) is 24.5. The second kappa shape index (κ2) is 15.1. The smallest absolute Gasteiger partial charge is 0.224 e. The summed E-state index contributed by atoms with van der Waals surface area (Å²) in [5.41, 5.74) is 3.41. The van der Waals surface area contributed by atoms with Crippen LogP contribution in [0.15, 0.2) is 53.7 Å². The zero-order valence-electron chi connectivity index (χ0n) is 23.7. The van der Waals surface area contributed by atoms with E-state index >= 15 is 0 Å². The van der Waals surface area contributed by atoms with Gasteiger partial charge in [0.1, 0.15) is 0 Å². The van der Waals surface area contributed by atoms with E-state index in [-0.39, 0.29) is 36.5 Å². The molecule has 0 spiro atoms. The van der Waals surface area contributed by atoms with Crippen LogP contribution in [0.3, 0.4) is 0 Å². The maximum absolute atomic E-state index is 12.4. The Labute approximate surface area is 244 Å². The van der Waals surface area contributed by atoms with Crippen molar-refractivity contribution in [3.05, 3.63) is 65.2 Å². The van der Waals surface area contributed by atoms with Gasteiger partial charge in [-0.15, -0.1) is 5.10 Å². The van der Waals surface area contributed by atoms with E-state index in [1.54, 1.807) is 11.7 Å². The first kappa shape index (κ1) is 30.6. The number of carbonyl (C=O) groups is 2. The lowest BCUT2D eigenvalue weighted by molar-refractivity contribution is -0.268. The number of nitrogens with one attached hydrogen (secondary N) is 2. The predicted octanol–water partition coefficient (Wildman–Crippen LogP) is 3.92. The summed E-state index contributed by atoms with van der Waals surface area (Å²) in [6.45, 7) is 4.23. The van der Waals surface area contributed by atoms with Crippen molar-refractivity contribution in [3.63, 3.8) is 0 Å². The summed E-state index contributed by atoms with van der Waals surface area (Å²) in [5, 5.41) is 27.6. The minimum Gasteiger partial charge on any atom is -0.392 e. The molecular weight excluding hydrogens is 544 g/mol. The van der Waals surface area contributed by atoms with Gasteiger partial charge in [-0.2, -0.15) is 0 Å². The molecule has 1 aromatic heterocycles. The fourth-order valence-corrected chi connectivity index (χ4v) is 5.62. The van der Waals surface area contributed by atoms with E-state index in [0.717, 1.165) is 36.0 Å². The van der Waals surface area contributed by atoms with Crippen molar-refractivity contribution in [3.8, 4) is 0 Å². The molecule has 1 aliphatic rings. The van der Waals surface area contributed by atoms with Crippen molar-refractivity contribution in [2.24, 2.45) is 13.0 Å². The van der Waals surface area contributed by atoms with Gasteiger partial charge < -0.3 is 25.2 Å². The molecule has 4 rings (SSSR count). The number of nitrogens with zero attached hydrogens (tertiary/aromatic N) is 4. The summed E-state index contributed by atoms with van der Waals surface area (Å²) >= 11 is 1.53. The predicted molar refractivity (Wildman–Crippen MR) is 155 cm³/mol. The van der Waals surface area contributed by atoms with Crippen molar-refractivity contribution in [2.45, 2.75) is 69.8 Å². The van der Waals surface area contributed by atoms with E-state index in [0.29, 0.717) is 29.6 Å². The molecule has 0 unspecified atom stereocenters. The highest BCUT2D eigenvalue weighted by molar-refractivity contribution is 7.99. The molecule has 1 aliphatic heterocycles.